The molecule has 2 fully saturated rings. The van der Waals surface area contributed by atoms with Gasteiger partial charge in [-0.3, -0.25) is 4.79 Å². The van der Waals surface area contributed by atoms with Crippen molar-refractivity contribution in [1.29, 1.82) is 0 Å². The summed E-state index contributed by atoms with van der Waals surface area (Å²) in [5.74, 6) is 2.11. The lowest BCUT2D eigenvalue weighted by Crippen LogP contribution is -2.41. The van der Waals surface area contributed by atoms with Gasteiger partial charge in [-0.25, -0.2) is 9.38 Å². The average molecular weight is 461 g/mol. The number of benzene rings is 2. The van der Waals surface area contributed by atoms with Gasteiger partial charge in [0, 0.05) is 48.1 Å². The smallest absolute Gasteiger partial charge is 0.225 e. The van der Waals surface area contributed by atoms with Crippen LogP contribution in [0.15, 0.2) is 48.5 Å². The van der Waals surface area contributed by atoms with Gasteiger partial charge in [0.25, 0.3) is 0 Å². The van der Waals surface area contributed by atoms with Crippen LogP contribution in [-0.2, 0) is 4.79 Å². The quantitative estimate of drug-likeness (QED) is 0.452. The molecule has 1 aliphatic carbocycles. The number of para-hydroxylation sites is 1. The lowest BCUT2D eigenvalue weighted by atomic mass is 9.84. The van der Waals surface area contributed by atoms with Crippen molar-refractivity contribution >= 4 is 40.0 Å². The van der Waals surface area contributed by atoms with Crippen molar-refractivity contribution in [3.05, 3.63) is 53.6 Å². The maximum Gasteiger partial charge on any atom is 0.225 e. The molecular formula is C25H25ClN6O. The van der Waals surface area contributed by atoms with Gasteiger partial charge in [0.15, 0.2) is 11.5 Å². The zero-order valence-corrected chi connectivity index (χ0v) is 19.1. The van der Waals surface area contributed by atoms with Crippen molar-refractivity contribution in [1.82, 2.24) is 24.5 Å². The van der Waals surface area contributed by atoms with Crippen molar-refractivity contribution in [3.63, 3.8) is 0 Å². The topological polar surface area (TPSA) is 66.6 Å². The second-order valence-electron chi connectivity index (χ2n) is 8.91. The summed E-state index contributed by atoms with van der Waals surface area (Å²) in [7, 11) is 0. The molecule has 3 heterocycles. The molecule has 6 rings (SSSR count). The Morgan fingerprint density at radius 2 is 1.73 bits per heavy atom. The van der Waals surface area contributed by atoms with E-state index in [9.17, 15) is 4.79 Å². The molecule has 0 unspecified atom stereocenters. The lowest BCUT2D eigenvalue weighted by molar-refractivity contribution is -0.137. The molecule has 7 nitrogen and oxygen atoms in total. The molecule has 1 amide bonds. The van der Waals surface area contributed by atoms with Gasteiger partial charge in [0.1, 0.15) is 0 Å². The molecular weight excluding hydrogens is 436 g/mol. The van der Waals surface area contributed by atoms with E-state index in [1.54, 1.807) is 0 Å². The van der Waals surface area contributed by atoms with Crippen LogP contribution in [0.2, 0.25) is 5.02 Å². The number of aromatic nitrogens is 4. The normalized spacial score (nSPS) is 17.4. The van der Waals surface area contributed by atoms with E-state index in [4.69, 9.17) is 16.6 Å². The first-order valence-electron chi connectivity index (χ1n) is 11.6. The number of nitrogens with zero attached hydrogens (tertiary/aromatic N) is 6. The van der Waals surface area contributed by atoms with Crippen molar-refractivity contribution in [3.8, 4) is 11.4 Å². The molecule has 0 N–H and O–H groups in total. The Morgan fingerprint density at radius 3 is 2.52 bits per heavy atom. The number of anilines is 1. The van der Waals surface area contributed by atoms with E-state index in [2.05, 4.69) is 19.5 Å². The molecule has 2 aromatic carbocycles. The Balaban J connectivity index is 1.43. The molecule has 0 atom stereocenters. The van der Waals surface area contributed by atoms with Crippen LogP contribution in [-0.4, -0.2) is 56.6 Å². The summed E-state index contributed by atoms with van der Waals surface area (Å²) in [6, 6.07) is 15.7. The summed E-state index contributed by atoms with van der Waals surface area (Å²) in [6.07, 6.45) is 4.16. The van der Waals surface area contributed by atoms with E-state index < -0.39 is 0 Å². The molecule has 0 radical (unpaired) electrons. The minimum absolute atomic E-state index is 0.233. The van der Waals surface area contributed by atoms with Crippen LogP contribution in [0.3, 0.4) is 0 Å². The van der Waals surface area contributed by atoms with Crippen molar-refractivity contribution < 1.29 is 4.79 Å². The number of hydrogen-bond donors (Lipinski definition) is 0. The fourth-order valence-corrected chi connectivity index (χ4v) is 4.94. The van der Waals surface area contributed by atoms with Crippen molar-refractivity contribution in [2.45, 2.75) is 25.7 Å². The Kier molecular flexibility index (Phi) is 5.14. The second-order valence-corrected chi connectivity index (χ2v) is 9.35. The molecule has 8 heteroatoms. The first-order valence-corrected chi connectivity index (χ1v) is 12.0. The third-order valence-electron chi connectivity index (χ3n) is 6.88. The number of amides is 1. The standard InChI is InChI=1S/C25H25ClN6O/c26-19-11-9-17(10-12-19)22-28-29-23-20-7-1-2-8-21(20)27-25(32(22)23)31-14-4-13-30(15-16-31)24(33)18-5-3-6-18/h1-2,7-12,18H,3-6,13-16H2. The highest BCUT2D eigenvalue weighted by Gasteiger charge is 2.31. The maximum absolute atomic E-state index is 12.8. The number of carbonyl (C=O) groups is 1. The fourth-order valence-electron chi connectivity index (χ4n) is 4.82. The van der Waals surface area contributed by atoms with Crippen LogP contribution in [0.4, 0.5) is 5.95 Å². The molecule has 0 bridgehead atoms. The van der Waals surface area contributed by atoms with Crippen LogP contribution in [0.5, 0.6) is 0 Å². The van der Waals surface area contributed by atoms with Gasteiger partial charge in [-0.2, -0.15) is 0 Å². The summed E-state index contributed by atoms with van der Waals surface area (Å²) in [4.78, 5) is 22.2. The molecule has 1 aliphatic heterocycles. The molecule has 1 saturated heterocycles. The van der Waals surface area contributed by atoms with E-state index in [1.165, 1.54) is 6.42 Å². The third-order valence-corrected chi connectivity index (χ3v) is 7.13. The van der Waals surface area contributed by atoms with E-state index >= 15 is 0 Å². The lowest BCUT2D eigenvalue weighted by Gasteiger charge is -2.31. The van der Waals surface area contributed by atoms with Gasteiger partial charge in [-0.1, -0.05) is 30.2 Å². The van der Waals surface area contributed by atoms with Gasteiger partial charge >= 0.3 is 0 Å². The number of fused-ring (bicyclic) bond motifs is 3. The van der Waals surface area contributed by atoms with Gasteiger partial charge in [-0.05, 0) is 55.7 Å². The third kappa shape index (κ3) is 3.60. The summed E-state index contributed by atoms with van der Waals surface area (Å²) in [5, 5.41) is 10.8. The zero-order chi connectivity index (χ0) is 22.4. The van der Waals surface area contributed by atoms with Gasteiger partial charge in [0.2, 0.25) is 11.9 Å². The SMILES string of the molecule is O=C(C1CCC1)N1CCCN(c2nc3ccccc3c3nnc(-c4ccc(Cl)cc4)n23)CC1. The van der Waals surface area contributed by atoms with Crippen LogP contribution >= 0.6 is 11.6 Å². The summed E-state index contributed by atoms with van der Waals surface area (Å²) >= 11 is 6.12. The monoisotopic (exact) mass is 460 g/mol. The Hall–Kier alpha value is -3.19. The molecule has 2 aromatic heterocycles. The highest BCUT2D eigenvalue weighted by Crippen LogP contribution is 2.31. The number of hydrogen-bond acceptors (Lipinski definition) is 5. The molecule has 1 saturated carbocycles. The highest BCUT2D eigenvalue weighted by atomic mass is 35.5. The molecule has 4 aromatic rings. The average Bonchev–Trinajstić information content (AvgIpc) is 3.09. The van der Waals surface area contributed by atoms with Gasteiger partial charge < -0.3 is 9.80 Å². The molecule has 33 heavy (non-hydrogen) atoms. The largest absolute Gasteiger partial charge is 0.341 e. The Morgan fingerprint density at radius 1 is 0.909 bits per heavy atom. The number of halogens is 1. The minimum Gasteiger partial charge on any atom is -0.341 e. The summed E-state index contributed by atoms with van der Waals surface area (Å²) in [6.45, 7) is 3.07. The van der Waals surface area contributed by atoms with E-state index in [-0.39, 0.29) is 5.92 Å². The fraction of sp³-hybridized carbons (Fsp3) is 0.360. The molecule has 2 aliphatic rings. The van der Waals surface area contributed by atoms with Crippen molar-refractivity contribution in [2.75, 3.05) is 31.1 Å². The van der Waals surface area contributed by atoms with Crippen LogP contribution in [0, 0.1) is 5.92 Å². The van der Waals surface area contributed by atoms with Crippen LogP contribution in [0.25, 0.3) is 27.9 Å². The predicted octanol–water partition coefficient (Wildman–Crippen LogP) is 4.44. The zero-order valence-electron chi connectivity index (χ0n) is 18.3. The number of rotatable bonds is 3. The highest BCUT2D eigenvalue weighted by molar-refractivity contribution is 6.30. The first kappa shape index (κ1) is 20.4. The molecule has 168 valence electrons. The predicted molar refractivity (Wildman–Crippen MR) is 129 cm³/mol. The Labute approximate surface area is 197 Å². The van der Waals surface area contributed by atoms with E-state index in [1.807, 2.05) is 53.4 Å². The van der Waals surface area contributed by atoms with Gasteiger partial charge in [0.05, 0.1) is 5.52 Å². The second kappa shape index (κ2) is 8.30. The van der Waals surface area contributed by atoms with Crippen LogP contribution < -0.4 is 4.90 Å². The summed E-state index contributed by atoms with van der Waals surface area (Å²) < 4.78 is 2.05. The van der Waals surface area contributed by atoms with E-state index in [0.29, 0.717) is 17.5 Å². The van der Waals surface area contributed by atoms with Crippen molar-refractivity contribution in [2.24, 2.45) is 5.92 Å². The van der Waals surface area contributed by atoms with E-state index in [0.717, 1.165) is 72.8 Å². The molecule has 0 spiro atoms. The van der Waals surface area contributed by atoms with Crippen LogP contribution in [0.1, 0.15) is 25.7 Å². The number of carbonyl (C=O) groups excluding carboxylic acids is 1. The Bertz CT molecular complexity index is 1330. The maximum atomic E-state index is 12.8. The minimum atomic E-state index is 0.233. The summed E-state index contributed by atoms with van der Waals surface area (Å²) in [5.41, 5.74) is 2.61. The first-order chi connectivity index (χ1) is 16.2. The van der Waals surface area contributed by atoms with Gasteiger partial charge in [-0.15, -0.1) is 10.2 Å².